The minimum Gasteiger partial charge on any atom is -0.383 e. The lowest BCUT2D eigenvalue weighted by Gasteiger charge is -2.17. The maximum Gasteiger partial charge on any atom is 0.269 e. The van der Waals surface area contributed by atoms with Crippen LogP contribution in [0.15, 0.2) is 35.1 Å². The third kappa shape index (κ3) is 2.52. The van der Waals surface area contributed by atoms with Gasteiger partial charge in [0.05, 0.1) is 17.9 Å². The van der Waals surface area contributed by atoms with Crippen LogP contribution in [0.5, 0.6) is 0 Å². The molecule has 98 valence electrons. The quantitative estimate of drug-likeness (QED) is 0.892. The highest BCUT2D eigenvalue weighted by molar-refractivity contribution is 5.48. The zero-order valence-electron chi connectivity index (χ0n) is 11.0. The Morgan fingerprint density at radius 2 is 2.26 bits per heavy atom. The van der Waals surface area contributed by atoms with Crippen molar-refractivity contribution in [3.8, 4) is 0 Å². The summed E-state index contributed by atoms with van der Waals surface area (Å²) in [4.78, 5) is 12.0. The Balaban J connectivity index is 1.95. The Morgan fingerprint density at radius 3 is 3.11 bits per heavy atom. The molecular weight excluding hydrogens is 238 g/mol. The molecule has 1 aliphatic rings. The Bertz CT molecular complexity index is 661. The third-order valence-corrected chi connectivity index (χ3v) is 3.40. The second-order valence-corrected chi connectivity index (χ2v) is 5.02. The van der Waals surface area contributed by atoms with Gasteiger partial charge in [-0.1, -0.05) is 29.8 Å². The molecule has 0 atom stereocenters. The standard InChI is InChI=1S/C15H17N3O/c1-11-4-2-5-12(8-11)10-18-15(19)9-14-13(17-18)6-3-7-16-14/h2,4-5,8-9,16H,3,6-7,10H2,1H3. The zero-order valence-corrected chi connectivity index (χ0v) is 11.0. The topological polar surface area (TPSA) is 46.9 Å². The number of hydrogen-bond acceptors (Lipinski definition) is 3. The number of rotatable bonds is 2. The number of hydrogen-bond donors (Lipinski definition) is 1. The molecule has 1 N–H and O–H groups in total. The normalized spacial score (nSPS) is 13.7. The second kappa shape index (κ2) is 4.88. The van der Waals surface area contributed by atoms with Crippen molar-refractivity contribution < 1.29 is 0 Å². The van der Waals surface area contributed by atoms with E-state index in [9.17, 15) is 4.79 Å². The Hall–Kier alpha value is -2.10. The number of nitrogens with one attached hydrogen (secondary N) is 1. The van der Waals surface area contributed by atoms with E-state index in [1.165, 1.54) is 5.56 Å². The maximum atomic E-state index is 12.0. The van der Waals surface area contributed by atoms with Gasteiger partial charge in [0, 0.05) is 12.6 Å². The molecule has 0 bridgehead atoms. The Kier molecular flexibility index (Phi) is 3.07. The van der Waals surface area contributed by atoms with Gasteiger partial charge in [-0.15, -0.1) is 0 Å². The monoisotopic (exact) mass is 255 g/mol. The minimum absolute atomic E-state index is 0.0466. The molecular formula is C15H17N3O. The molecule has 19 heavy (non-hydrogen) atoms. The summed E-state index contributed by atoms with van der Waals surface area (Å²) in [6, 6.07) is 9.84. The average molecular weight is 255 g/mol. The van der Waals surface area contributed by atoms with Gasteiger partial charge < -0.3 is 5.32 Å². The molecule has 1 aromatic heterocycles. The summed E-state index contributed by atoms with van der Waals surface area (Å²) in [5.74, 6) is 0. The summed E-state index contributed by atoms with van der Waals surface area (Å²) in [7, 11) is 0. The number of nitrogens with zero attached hydrogens (tertiary/aromatic N) is 2. The molecule has 0 unspecified atom stereocenters. The van der Waals surface area contributed by atoms with Crippen LogP contribution >= 0.6 is 0 Å². The van der Waals surface area contributed by atoms with Crippen LogP contribution in [0.3, 0.4) is 0 Å². The molecule has 1 aromatic carbocycles. The summed E-state index contributed by atoms with van der Waals surface area (Å²) in [5.41, 5.74) is 4.16. The van der Waals surface area contributed by atoms with Crippen LogP contribution < -0.4 is 10.9 Å². The smallest absolute Gasteiger partial charge is 0.269 e. The molecule has 0 amide bonds. The predicted octanol–water partition coefficient (Wildman–Crippen LogP) is 1.96. The highest BCUT2D eigenvalue weighted by Gasteiger charge is 2.12. The van der Waals surface area contributed by atoms with Crippen LogP contribution in [0, 0.1) is 6.92 Å². The van der Waals surface area contributed by atoms with E-state index in [1.54, 1.807) is 10.7 Å². The summed E-state index contributed by atoms with van der Waals surface area (Å²) < 4.78 is 1.56. The molecule has 0 radical (unpaired) electrons. The first-order valence-electron chi connectivity index (χ1n) is 6.63. The van der Waals surface area contributed by atoms with Crippen LogP contribution in [0.25, 0.3) is 0 Å². The number of fused-ring (bicyclic) bond motifs is 1. The van der Waals surface area contributed by atoms with Gasteiger partial charge in [0.15, 0.2) is 0 Å². The average Bonchev–Trinajstić information content (AvgIpc) is 2.40. The lowest BCUT2D eigenvalue weighted by Crippen LogP contribution is -2.27. The number of aromatic nitrogens is 2. The number of anilines is 1. The molecule has 2 aromatic rings. The van der Waals surface area contributed by atoms with Crippen LogP contribution in [0.2, 0.25) is 0 Å². The van der Waals surface area contributed by atoms with Gasteiger partial charge in [-0.3, -0.25) is 4.79 Å². The van der Waals surface area contributed by atoms with E-state index < -0.39 is 0 Å². The number of benzene rings is 1. The largest absolute Gasteiger partial charge is 0.383 e. The van der Waals surface area contributed by atoms with Crippen molar-refractivity contribution in [3.05, 3.63) is 57.5 Å². The molecule has 0 spiro atoms. The fourth-order valence-electron chi connectivity index (χ4n) is 2.44. The molecule has 0 saturated carbocycles. The van der Waals surface area contributed by atoms with Crippen molar-refractivity contribution in [2.75, 3.05) is 11.9 Å². The molecule has 0 fully saturated rings. The van der Waals surface area contributed by atoms with Gasteiger partial charge in [0.1, 0.15) is 0 Å². The number of aryl methyl sites for hydroxylation is 2. The van der Waals surface area contributed by atoms with Crippen molar-refractivity contribution in [2.24, 2.45) is 0 Å². The van der Waals surface area contributed by atoms with Crippen molar-refractivity contribution >= 4 is 5.69 Å². The highest BCUT2D eigenvalue weighted by Crippen LogP contribution is 2.16. The van der Waals surface area contributed by atoms with Crippen molar-refractivity contribution in [1.82, 2.24) is 9.78 Å². The summed E-state index contributed by atoms with van der Waals surface area (Å²) >= 11 is 0. The van der Waals surface area contributed by atoms with E-state index in [-0.39, 0.29) is 5.56 Å². The van der Waals surface area contributed by atoms with Gasteiger partial charge in [-0.05, 0) is 25.3 Å². The van der Waals surface area contributed by atoms with Crippen molar-refractivity contribution in [1.29, 1.82) is 0 Å². The first-order chi connectivity index (χ1) is 9.22. The van der Waals surface area contributed by atoms with E-state index in [0.717, 1.165) is 36.3 Å². The van der Waals surface area contributed by atoms with Gasteiger partial charge >= 0.3 is 0 Å². The van der Waals surface area contributed by atoms with Crippen LogP contribution in [0.4, 0.5) is 5.69 Å². The highest BCUT2D eigenvalue weighted by atomic mass is 16.1. The molecule has 0 saturated heterocycles. The van der Waals surface area contributed by atoms with Gasteiger partial charge in [-0.25, -0.2) is 4.68 Å². The summed E-state index contributed by atoms with van der Waals surface area (Å²) in [5, 5.41) is 7.71. The fraction of sp³-hybridized carbons (Fsp3) is 0.333. The molecule has 2 heterocycles. The molecule has 1 aliphatic heterocycles. The SMILES string of the molecule is Cc1cccc(Cn2nc3c(cc2=O)NCCC3)c1. The van der Waals surface area contributed by atoms with Crippen molar-refractivity contribution in [2.45, 2.75) is 26.3 Å². The Labute approximate surface area is 112 Å². The third-order valence-electron chi connectivity index (χ3n) is 3.40. The predicted molar refractivity (Wildman–Crippen MR) is 75.6 cm³/mol. The van der Waals surface area contributed by atoms with Crippen molar-refractivity contribution in [3.63, 3.8) is 0 Å². The van der Waals surface area contributed by atoms with Crippen LogP contribution in [-0.2, 0) is 13.0 Å². The van der Waals surface area contributed by atoms with E-state index in [0.29, 0.717) is 6.54 Å². The van der Waals surface area contributed by atoms with Gasteiger partial charge in [0.25, 0.3) is 5.56 Å². The van der Waals surface area contributed by atoms with E-state index in [2.05, 4.69) is 29.5 Å². The molecule has 0 aliphatic carbocycles. The zero-order chi connectivity index (χ0) is 13.2. The lowest BCUT2D eigenvalue weighted by atomic mass is 10.1. The van der Waals surface area contributed by atoms with Crippen LogP contribution in [0.1, 0.15) is 23.2 Å². The van der Waals surface area contributed by atoms with E-state index >= 15 is 0 Å². The van der Waals surface area contributed by atoms with E-state index in [4.69, 9.17) is 0 Å². The molecule has 3 rings (SSSR count). The fourth-order valence-corrected chi connectivity index (χ4v) is 2.44. The second-order valence-electron chi connectivity index (χ2n) is 5.02. The summed E-state index contributed by atoms with van der Waals surface area (Å²) in [6.45, 7) is 3.51. The maximum absolute atomic E-state index is 12.0. The first-order valence-corrected chi connectivity index (χ1v) is 6.63. The van der Waals surface area contributed by atoms with Gasteiger partial charge in [-0.2, -0.15) is 5.10 Å². The summed E-state index contributed by atoms with van der Waals surface area (Å²) in [6.07, 6.45) is 2.01. The Morgan fingerprint density at radius 1 is 1.37 bits per heavy atom. The van der Waals surface area contributed by atoms with Gasteiger partial charge in [0.2, 0.25) is 0 Å². The minimum atomic E-state index is -0.0466. The van der Waals surface area contributed by atoms with Crippen LogP contribution in [-0.4, -0.2) is 16.3 Å². The molecule has 4 heteroatoms. The first kappa shape index (κ1) is 12.0. The van der Waals surface area contributed by atoms with E-state index in [1.807, 2.05) is 12.1 Å². The lowest BCUT2D eigenvalue weighted by molar-refractivity contribution is 0.608. The molecule has 4 nitrogen and oxygen atoms in total.